The molecule has 0 bridgehead atoms. The molecule has 1 aliphatic carbocycles. The molecule has 0 saturated heterocycles. The predicted octanol–water partition coefficient (Wildman–Crippen LogP) is 4.35. The van der Waals surface area contributed by atoms with E-state index in [-0.39, 0.29) is 10.9 Å². The van der Waals surface area contributed by atoms with Crippen LogP contribution in [0.4, 0.5) is 5.69 Å². The lowest BCUT2D eigenvalue weighted by Gasteiger charge is -2.28. The minimum atomic E-state index is -3.87. The van der Waals surface area contributed by atoms with Crippen LogP contribution in [0, 0.1) is 13.8 Å². The molecule has 1 N–H and O–H groups in total. The first-order valence-electron chi connectivity index (χ1n) is 10.6. The highest BCUT2D eigenvalue weighted by Gasteiger charge is 2.53. The molecule has 8 heteroatoms. The zero-order chi connectivity index (χ0) is 22.4. The lowest BCUT2D eigenvalue weighted by atomic mass is 10.1. The molecule has 7 nitrogen and oxygen atoms in total. The van der Waals surface area contributed by atoms with Gasteiger partial charge in [-0.25, -0.2) is 18.1 Å². The lowest BCUT2D eigenvalue weighted by Crippen LogP contribution is -2.47. The maximum Gasteiger partial charge on any atom is 0.246 e. The molecule has 2 aromatic heterocycles. The van der Waals surface area contributed by atoms with Crippen molar-refractivity contribution >= 4 is 32.5 Å². The van der Waals surface area contributed by atoms with E-state index in [1.165, 1.54) is 0 Å². The van der Waals surface area contributed by atoms with Crippen molar-refractivity contribution in [1.29, 1.82) is 0 Å². The molecule has 1 saturated carbocycles. The average Bonchev–Trinajstić information content (AvgIpc) is 3.37. The number of amides is 1. The van der Waals surface area contributed by atoms with E-state index in [0.717, 1.165) is 16.6 Å². The van der Waals surface area contributed by atoms with Crippen molar-refractivity contribution in [2.75, 3.05) is 5.32 Å². The molecule has 31 heavy (non-hydrogen) atoms. The maximum atomic E-state index is 13.8. The second-order valence-corrected chi connectivity index (χ2v) is 11.0. The second kappa shape index (κ2) is 7.75. The van der Waals surface area contributed by atoms with Crippen molar-refractivity contribution in [1.82, 2.24) is 14.8 Å². The Balaban J connectivity index is 1.71. The smallest absolute Gasteiger partial charge is 0.246 e. The number of aryl methyl sites for hydroxylation is 2. The third kappa shape index (κ3) is 3.52. The Morgan fingerprint density at radius 2 is 1.84 bits per heavy atom. The fraction of sp³-hybridized carbons (Fsp3) is 0.435. The van der Waals surface area contributed by atoms with E-state index in [2.05, 4.69) is 15.4 Å². The number of nitrogens with zero attached hydrogens (tertiary/aromatic N) is 3. The van der Waals surface area contributed by atoms with Crippen LogP contribution in [-0.2, 0) is 14.6 Å². The van der Waals surface area contributed by atoms with E-state index in [0.29, 0.717) is 36.9 Å². The van der Waals surface area contributed by atoms with E-state index >= 15 is 0 Å². The van der Waals surface area contributed by atoms with Gasteiger partial charge in [0.2, 0.25) is 5.91 Å². The van der Waals surface area contributed by atoms with Gasteiger partial charge in [0.25, 0.3) is 0 Å². The number of nitrogens with one attached hydrogen (secondary N) is 1. The van der Waals surface area contributed by atoms with Gasteiger partial charge >= 0.3 is 0 Å². The number of fused-ring (bicyclic) bond motifs is 1. The molecule has 1 fully saturated rings. The number of carbonyl (C=O) groups excluding carboxylic acids is 1. The summed E-state index contributed by atoms with van der Waals surface area (Å²) < 4.78 is 27.9. The number of anilines is 1. The van der Waals surface area contributed by atoms with Crippen molar-refractivity contribution in [3.63, 3.8) is 0 Å². The van der Waals surface area contributed by atoms with Crippen molar-refractivity contribution in [3.05, 3.63) is 47.8 Å². The molecule has 0 radical (unpaired) electrons. The van der Waals surface area contributed by atoms with Gasteiger partial charge in [0.1, 0.15) is 0 Å². The quantitative estimate of drug-likeness (QED) is 0.636. The monoisotopic (exact) mass is 440 g/mol. The summed E-state index contributed by atoms with van der Waals surface area (Å²) in [5.41, 5.74) is 2.72. The number of pyridine rings is 1. The molecule has 0 spiro atoms. The van der Waals surface area contributed by atoms with Crippen LogP contribution < -0.4 is 5.32 Å². The summed E-state index contributed by atoms with van der Waals surface area (Å²) in [6.07, 6.45) is 5.31. The highest BCUT2D eigenvalue weighted by Crippen LogP contribution is 2.42. The summed E-state index contributed by atoms with van der Waals surface area (Å²) in [7, 11) is -3.87. The van der Waals surface area contributed by atoms with Crippen molar-refractivity contribution in [3.8, 4) is 0 Å². The number of benzene rings is 1. The number of hydrogen-bond donors (Lipinski definition) is 1. The van der Waals surface area contributed by atoms with Crippen LogP contribution in [0.15, 0.2) is 41.6 Å². The van der Waals surface area contributed by atoms with Gasteiger partial charge in [-0.15, -0.1) is 0 Å². The van der Waals surface area contributed by atoms with E-state index in [9.17, 15) is 13.2 Å². The summed E-state index contributed by atoms with van der Waals surface area (Å²) in [5, 5.41) is 7.99. The third-order valence-electron chi connectivity index (χ3n) is 6.15. The Morgan fingerprint density at radius 3 is 2.52 bits per heavy atom. The van der Waals surface area contributed by atoms with E-state index in [4.69, 9.17) is 0 Å². The SMILES string of the molecule is Cc1ccc(C)c(S(=O)(=O)C2(C(=O)Nc3cnc4c(cnn4C(C)C)c3)CCCC2)c1. The highest BCUT2D eigenvalue weighted by molar-refractivity contribution is 7.93. The number of aromatic nitrogens is 3. The van der Waals surface area contributed by atoms with Crippen molar-refractivity contribution < 1.29 is 13.2 Å². The maximum absolute atomic E-state index is 13.8. The fourth-order valence-corrected chi connectivity index (χ4v) is 6.78. The standard InChI is InChI=1S/C23H28N4O3S/c1-15(2)27-21-18(13-25-27)12-19(14-24-21)26-22(28)23(9-5-6-10-23)31(29,30)20-11-16(3)7-8-17(20)4/h7-8,11-15H,5-6,9-10H2,1-4H3,(H,26,28). The Morgan fingerprint density at radius 1 is 1.13 bits per heavy atom. The molecular formula is C23H28N4O3S. The first-order valence-corrected chi connectivity index (χ1v) is 12.1. The molecule has 0 atom stereocenters. The highest BCUT2D eigenvalue weighted by atomic mass is 32.2. The molecular weight excluding hydrogens is 412 g/mol. The summed E-state index contributed by atoms with van der Waals surface area (Å²) >= 11 is 0. The van der Waals surface area contributed by atoms with Gasteiger partial charge in [-0.1, -0.05) is 25.0 Å². The summed E-state index contributed by atoms with van der Waals surface area (Å²) in [6.45, 7) is 7.67. The zero-order valence-corrected chi connectivity index (χ0v) is 19.2. The first-order chi connectivity index (χ1) is 14.7. The van der Waals surface area contributed by atoms with Crippen LogP contribution in [0.25, 0.3) is 11.0 Å². The second-order valence-electron chi connectivity index (χ2n) is 8.75. The molecule has 0 aliphatic heterocycles. The van der Waals surface area contributed by atoms with E-state index in [1.807, 2.05) is 31.5 Å². The predicted molar refractivity (Wildman–Crippen MR) is 121 cm³/mol. The fourth-order valence-electron chi connectivity index (χ4n) is 4.40. The molecule has 1 aliphatic rings. The van der Waals surface area contributed by atoms with Gasteiger partial charge in [-0.05, 0) is 63.8 Å². The summed E-state index contributed by atoms with van der Waals surface area (Å²) in [6, 6.07) is 7.31. The molecule has 2 heterocycles. The molecule has 1 aromatic carbocycles. The van der Waals surface area contributed by atoms with Gasteiger partial charge in [0, 0.05) is 11.4 Å². The van der Waals surface area contributed by atoms with Crippen LogP contribution in [0.5, 0.6) is 0 Å². The lowest BCUT2D eigenvalue weighted by molar-refractivity contribution is -0.118. The number of carbonyl (C=O) groups is 1. The van der Waals surface area contributed by atoms with Crippen LogP contribution >= 0.6 is 0 Å². The van der Waals surface area contributed by atoms with Crippen LogP contribution in [0.2, 0.25) is 0 Å². The number of sulfone groups is 1. The van der Waals surface area contributed by atoms with Crippen LogP contribution in [-0.4, -0.2) is 33.8 Å². The molecule has 164 valence electrons. The van der Waals surface area contributed by atoms with Gasteiger partial charge in [0.15, 0.2) is 20.2 Å². The Labute approximate surface area is 182 Å². The van der Waals surface area contributed by atoms with Crippen LogP contribution in [0.1, 0.15) is 56.7 Å². The van der Waals surface area contributed by atoms with Crippen molar-refractivity contribution in [2.45, 2.75) is 69.1 Å². The van der Waals surface area contributed by atoms with Gasteiger partial charge < -0.3 is 5.32 Å². The number of hydrogen-bond acceptors (Lipinski definition) is 5. The molecule has 0 unspecified atom stereocenters. The van der Waals surface area contributed by atoms with Crippen LogP contribution in [0.3, 0.4) is 0 Å². The van der Waals surface area contributed by atoms with E-state index < -0.39 is 20.5 Å². The Hall–Kier alpha value is -2.74. The van der Waals surface area contributed by atoms with E-state index in [1.54, 1.807) is 37.5 Å². The summed E-state index contributed by atoms with van der Waals surface area (Å²) in [4.78, 5) is 18.2. The minimum Gasteiger partial charge on any atom is -0.323 e. The number of rotatable bonds is 5. The van der Waals surface area contributed by atoms with Gasteiger partial charge in [-0.3, -0.25) is 4.79 Å². The molecule has 4 rings (SSSR count). The average molecular weight is 441 g/mol. The van der Waals surface area contributed by atoms with Gasteiger partial charge in [0.05, 0.1) is 23.0 Å². The zero-order valence-electron chi connectivity index (χ0n) is 18.3. The normalized spacial score (nSPS) is 16.2. The topological polar surface area (TPSA) is 93.9 Å². The summed E-state index contributed by atoms with van der Waals surface area (Å²) in [5.74, 6) is -0.483. The van der Waals surface area contributed by atoms with Gasteiger partial charge in [-0.2, -0.15) is 5.10 Å². The third-order valence-corrected chi connectivity index (χ3v) is 8.79. The Bertz CT molecular complexity index is 1260. The minimum absolute atomic E-state index is 0.162. The Kier molecular flexibility index (Phi) is 5.37. The van der Waals surface area contributed by atoms with Crippen molar-refractivity contribution in [2.24, 2.45) is 0 Å². The molecule has 1 amide bonds. The largest absolute Gasteiger partial charge is 0.323 e. The molecule has 3 aromatic rings. The first kappa shape index (κ1) is 21.5.